The quantitative estimate of drug-likeness (QED) is 0.342. The molecule has 0 unspecified atom stereocenters. The Kier molecular flexibility index (Phi) is 20.6. The van der Waals surface area contributed by atoms with Crippen molar-refractivity contribution in [3.05, 3.63) is 76.4 Å². The van der Waals surface area contributed by atoms with Gasteiger partial charge in [-0.25, -0.2) is 0 Å². The Hall–Kier alpha value is 0.697. The summed E-state index contributed by atoms with van der Waals surface area (Å²) >= 11 is 0. The Labute approximate surface area is 144 Å². The van der Waals surface area contributed by atoms with Crippen LogP contribution in [0.1, 0.15) is 13.8 Å². The number of hydrogen-bond donors (Lipinski definition) is 0. The van der Waals surface area contributed by atoms with Crippen LogP contribution >= 0.6 is 0 Å². The zero-order valence-electron chi connectivity index (χ0n) is 13.2. The maximum absolute atomic E-state index is 7.50. The summed E-state index contributed by atoms with van der Waals surface area (Å²) in [6, 6.07) is 0. The third kappa shape index (κ3) is 27.1. The Morgan fingerprint density at radius 1 is 0.800 bits per heavy atom. The maximum atomic E-state index is 7.50. The zero-order chi connectivity index (χ0) is 15.3. The van der Waals surface area contributed by atoms with E-state index in [9.17, 15) is 0 Å². The molecule has 2 rings (SSSR count). The van der Waals surface area contributed by atoms with Crippen LogP contribution in [0.2, 0.25) is 19.6 Å². The molecule has 0 aromatic carbocycles. The molecule has 0 N–H and O–H groups in total. The summed E-state index contributed by atoms with van der Waals surface area (Å²) in [6.07, 6.45) is 16.5. The molecule has 3 heteroatoms. The molecule has 20 heavy (non-hydrogen) atoms. The summed E-state index contributed by atoms with van der Waals surface area (Å²) in [5, 5.41) is 0. The smallest absolute Gasteiger partial charge is 0.342 e. The third-order valence-corrected chi connectivity index (χ3v) is 1.66. The minimum atomic E-state index is -0.861. The van der Waals surface area contributed by atoms with Crippen LogP contribution in [0.5, 0.6) is 0 Å². The van der Waals surface area contributed by atoms with E-state index in [1.54, 1.807) is 0 Å². The van der Waals surface area contributed by atoms with Crippen LogP contribution in [0, 0.1) is 76.4 Å². The van der Waals surface area contributed by atoms with Gasteiger partial charge in [0.25, 0.3) is 0 Å². The molecule has 2 saturated carbocycles. The number of hydrogen-bond acceptors (Lipinski definition) is 0. The summed E-state index contributed by atoms with van der Waals surface area (Å²) in [5.41, 5.74) is 0. The minimum absolute atomic E-state index is 0. The topological polar surface area (TPSA) is 19.9 Å². The third-order valence-electron chi connectivity index (χ3n) is 1.66. The molecule has 0 aromatic heterocycles. The van der Waals surface area contributed by atoms with Gasteiger partial charge >= 0.3 is 33.7 Å². The van der Waals surface area contributed by atoms with Gasteiger partial charge in [0, 0.05) is 0 Å². The Balaban J connectivity index is -0.000000200. The van der Waals surface area contributed by atoms with Crippen molar-refractivity contribution in [3.8, 4) is 0 Å². The largest absolute Gasteiger partial charge is 3.00 e. The standard InChI is InChI=1S/2C6H7.C4H11Si.CO.Nb/c2*1-6-4-2-3-5-6;1-5(2,3)4;1-2;/h2*2-5H,1H3;1H2,2-4H3;;/q;;-1;;+3. The van der Waals surface area contributed by atoms with Crippen LogP contribution < -0.4 is 0 Å². The molecular weight excluding hydrogens is 341 g/mol. The van der Waals surface area contributed by atoms with Gasteiger partial charge in [-0.2, -0.15) is 0 Å². The van der Waals surface area contributed by atoms with E-state index < -0.39 is 8.07 Å². The van der Waals surface area contributed by atoms with Crippen molar-refractivity contribution >= 4 is 8.07 Å². The molecule has 2 aliphatic rings. The average molecular weight is 366 g/mol. The van der Waals surface area contributed by atoms with E-state index in [1.165, 1.54) is 11.8 Å². The van der Waals surface area contributed by atoms with Gasteiger partial charge in [-0.3, -0.25) is 0 Å². The zero-order valence-corrected chi connectivity index (χ0v) is 16.4. The van der Waals surface area contributed by atoms with Crippen LogP contribution in [-0.2, 0) is 27.0 Å². The fourth-order valence-corrected chi connectivity index (χ4v) is 0.940. The van der Waals surface area contributed by atoms with Crippen molar-refractivity contribution in [1.82, 2.24) is 0 Å². The fraction of sp³-hybridized carbons (Fsp3) is 0.294. The minimum Gasteiger partial charge on any atom is -0.342 e. The second kappa shape index (κ2) is 16.1. The first-order valence-corrected chi connectivity index (χ1v) is 9.92. The Bertz CT molecular complexity index is 179. The summed E-state index contributed by atoms with van der Waals surface area (Å²) in [5.74, 6) is 2.69. The van der Waals surface area contributed by atoms with Gasteiger partial charge < -0.3 is 6.55 Å². The van der Waals surface area contributed by atoms with E-state index in [0.29, 0.717) is 0 Å². The van der Waals surface area contributed by atoms with E-state index >= 15 is 0 Å². The van der Waals surface area contributed by atoms with Crippen LogP contribution in [0.3, 0.4) is 0 Å². The van der Waals surface area contributed by atoms with Crippen molar-refractivity contribution in [2.45, 2.75) is 33.5 Å². The van der Waals surface area contributed by atoms with E-state index in [-0.39, 0.29) is 22.4 Å². The summed E-state index contributed by atoms with van der Waals surface area (Å²) < 4.78 is 7.50. The first-order chi connectivity index (χ1) is 8.79. The van der Waals surface area contributed by atoms with E-state index in [0.717, 1.165) is 0 Å². The summed E-state index contributed by atoms with van der Waals surface area (Å²) in [6.45, 7) is 19.2. The van der Waals surface area contributed by atoms with Gasteiger partial charge in [0.1, 0.15) is 0 Å². The Morgan fingerprint density at radius 2 is 0.950 bits per heavy atom. The molecule has 2 aliphatic carbocycles. The fourth-order valence-electron chi connectivity index (χ4n) is 0.940. The van der Waals surface area contributed by atoms with Gasteiger partial charge in [-0.15, -0.1) is 8.07 Å². The van der Waals surface area contributed by atoms with E-state index in [2.05, 4.69) is 72.4 Å². The maximum Gasteiger partial charge on any atom is 3.00 e. The van der Waals surface area contributed by atoms with Gasteiger partial charge in [-0.05, 0) is 63.2 Å². The van der Waals surface area contributed by atoms with Gasteiger partial charge in [-0.1, -0.05) is 33.5 Å². The summed E-state index contributed by atoms with van der Waals surface area (Å²) in [7, 11) is -0.861. The van der Waals surface area contributed by atoms with Crippen molar-refractivity contribution < 1.29 is 27.0 Å². The molecule has 10 radical (unpaired) electrons. The molecule has 0 saturated heterocycles. The van der Waals surface area contributed by atoms with Crippen molar-refractivity contribution in [3.63, 3.8) is 0 Å². The summed E-state index contributed by atoms with van der Waals surface area (Å²) in [4.78, 5) is 0. The number of rotatable bonds is 0. The van der Waals surface area contributed by atoms with Crippen LogP contribution in [0.25, 0.3) is 0 Å². The SMILES string of the molecule is C[C]1[CH][CH][CH][CH]1.C[C]1[CH][CH][CH][CH]1.[C-]#[O+].[CH2-][Si](C)(C)C.[Nb+3]. The van der Waals surface area contributed by atoms with Crippen LogP contribution in [0.4, 0.5) is 0 Å². The molecule has 0 bridgehead atoms. The molecule has 1 nitrogen and oxygen atoms in total. The predicted molar refractivity (Wildman–Crippen MR) is 84.9 cm³/mol. The van der Waals surface area contributed by atoms with Crippen molar-refractivity contribution in [1.29, 1.82) is 0 Å². The second-order valence-corrected chi connectivity index (χ2v) is 10.6. The first kappa shape index (κ1) is 25.6. The van der Waals surface area contributed by atoms with E-state index in [1.807, 2.05) is 25.7 Å². The molecule has 0 amide bonds. The first-order valence-electron chi connectivity index (χ1n) is 6.21. The van der Waals surface area contributed by atoms with Crippen LogP contribution in [-0.4, -0.2) is 8.07 Å². The average Bonchev–Trinajstić information content (AvgIpc) is 2.93. The normalized spacial score (nSPS) is 18.4. The van der Waals surface area contributed by atoms with E-state index in [4.69, 9.17) is 4.65 Å². The predicted octanol–water partition coefficient (Wildman–Crippen LogP) is 4.48. The molecule has 0 aromatic rings. The van der Waals surface area contributed by atoms with Crippen LogP contribution in [0.15, 0.2) is 0 Å². The second-order valence-electron chi connectivity index (χ2n) is 5.49. The molecule has 0 atom stereocenters. The molecule has 2 fully saturated rings. The molecule has 0 aliphatic heterocycles. The van der Waals surface area contributed by atoms with Gasteiger partial charge in [0.05, 0.1) is 0 Å². The van der Waals surface area contributed by atoms with Gasteiger partial charge in [0.15, 0.2) is 0 Å². The monoisotopic (exact) mass is 366 g/mol. The molecule has 0 spiro atoms. The van der Waals surface area contributed by atoms with Crippen molar-refractivity contribution in [2.75, 3.05) is 0 Å². The van der Waals surface area contributed by atoms with Crippen molar-refractivity contribution in [2.24, 2.45) is 0 Å². The Morgan fingerprint density at radius 3 is 1.00 bits per heavy atom. The molecule has 106 valence electrons. The molecular formula is C17H25NbOSi+2. The molecule has 0 heterocycles. The van der Waals surface area contributed by atoms with Gasteiger partial charge in [0.2, 0.25) is 0 Å².